The number of hydrogen-bond acceptors (Lipinski definition) is 2. The van der Waals surface area contributed by atoms with Crippen molar-refractivity contribution in [3.05, 3.63) is 36.0 Å². The lowest BCUT2D eigenvalue weighted by molar-refractivity contribution is 0.292. The molecule has 0 aliphatic heterocycles. The van der Waals surface area contributed by atoms with Gasteiger partial charge in [0.25, 0.3) is 0 Å². The number of hydrogen-bond donors (Lipinski definition) is 1. The third kappa shape index (κ3) is 3.37. The molecule has 0 spiro atoms. The van der Waals surface area contributed by atoms with Crippen molar-refractivity contribution >= 4 is 10.9 Å². The molecule has 1 heterocycles. The highest BCUT2D eigenvalue weighted by molar-refractivity contribution is 5.83. The van der Waals surface area contributed by atoms with Crippen LogP contribution < -0.4 is 5.73 Å². The number of fused-ring (bicyclic) bond motifs is 1. The maximum Gasteiger partial charge on any atom is 0.0480 e. The van der Waals surface area contributed by atoms with Crippen LogP contribution in [-0.2, 0) is 13.5 Å². The van der Waals surface area contributed by atoms with Crippen molar-refractivity contribution in [3.63, 3.8) is 0 Å². The molecular formula is C16H25N3. The van der Waals surface area contributed by atoms with Crippen LogP contribution in [0.1, 0.15) is 12.5 Å². The summed E-state index contributed by atoms with van der Waals surface area (Å²) in [5.74, 6) is 0.567. The fraction of sp³-hybridized carbons (Fsp3) is 0.500. The second-order valence-electron chi connectivity index (χ2n) is 5.64. The van der Waals surface area contributed by atoms with Crippen molar-refractivity contribution in [1.29, 1.82) is 0 Å². The minimum Gasteiger partial charge on any atom is -0.350 e. The van der Waals surface area contributed by atoms with Gasteiger partial charge in [-0.05, 0) is 37.6 Å². The molecule has 1 atom stereocenters. The highest BCUT2D eigenvalue weighted by atomic mass is 15.1. The quantitative estimate of drug-likeness (QED) is 0.863. The molecule has 0 fully saturated rings. The Balaban J connectivity index is 2.02. The summed E-state index contributed by atoms with van der Waals surface area (Å²) < 4.78 is 2.22. The van der Waals surface area contributed by atoms with Gasteiger partial charge in [0.15, 0.2) is 0 Å². The Morgan fingerprint density at radius 1 is 1.32 bits per heavy atom. The largest absolute Gasteiger partial charge is 0.350 e. The number of rotatable bonds is 6. The second kappa shape index (κ2) is 6.22. The summed E-state index contributed by atoms with van der Waals surface area (Å²) in [5, 5.41) is 1.38. The van der Waals surface area contributed by atoms with Crippen molar-refractivity contribution in [1.82, 2.24) is 9.47 Å². The van der Waals surface area contributed by atoms with Gasteiger partial charge in [-0.1, -0.05) is 25.1 Å². The van der Waals surface area contributed by atoms with E-state index in [9.17, 15) is 0 Å². The van der Waals surface area contributed by atoms with Crippen LogP contribution in [0.25, 0.3) is 10.9 Å². The molecule has 0 bridgehead atoms. The van der Waals surface area contributed by atoms with Gasteiger partial charge in [0, 0.05) is 37.2 Å². The monoisotopic (exact) mass is 259 g/mol. The lowest BCUT2D eigenvalue weighted by Crippen LogP contribution is -2.29. The van der Waals surface area contributed by atoms with Gasteiger partial charge < -0.3 is 15.2 Å². The van der Waals surface area contributed by atoms with E-state index in [0.29, 0.717) is 5.92 Å². The van der Waals surface area contributed by atoms with Crippen LogP contribution in [0, 0.1) is 5.92 Å². The van der Waals surface area contributed by atoms with Crippen molar-refractivity contribution in [2.45, 2.75) is 13.3 Å². The number of benzene rings is 1. The Kier molecular flexibility index (Phi) is 4.61. The van der Waals surface area contributed by atoms with Crippen LogP contribution in [0.2, 0.25) is 0 Å². The molecule has 1 aromatic heterocycles. The average molecular weight is 259 g/mol. The van der Waals surface area contributed by atoms with E-state index in [4.69, 9.17) is 5.73 Å². The predicted molar refractivity (Wildman–Crippen MR) is 82.3 cm³/mol. The second-order valence-corrected chi connectivity index (χ2v) is 5.64. The molecule has 1 unspecified atom stereocenters. The number of nitrogens with zero attached hydrogens (tertiary/aromatic N) is 2. The Morgan fingerprint density at radius 3 is 2.79 bits per heavy atom. The number of likely N-dealkylation sites (N-methyl/N-ethyl adjacent to an activating group) is 1. The number of aryl methyl sites for hydroxylation is 1. The van der Waals surface area contributed by atoms with Gasteiger partial charge in [-0.15, -0.1) is 0 Å². The molecule has 1 aromatic carbocycles. The minimum atomic E-state index is 0.567. The van der Waals surface area contributed by atoms with Gasteiger partial charge in [0.05, 0.1) is 0 Å². The summed E-state index contributed by atoms with van der Waals surface area (Å²) in [6, 6.07) is 8.61. The topological polar surface area (TPSA) is 34.2 Å². The third-order valence-electron chi connectivity index (χ3n) is 3.77. The molecule has 2 rings (SSSR count). The SMILES string of the molecule is CC(CN)CN(C)CCc1cn(C)c2ccccc12. The van der Waals surface area contributed by atoms with E-state index < -0.39 is 0 Å². The molecule has 2 aromatic rings. The summed E-state index contributed by atoms with van der Waals surface area (Å²) >= 11 is 0. The molecular weight excluding hydrogens is 234 g/mol. The van der Waals surface area contributed by atoms with E-state index in [1.807, 2.05) is 0 Å². The first kappa shape index (κ1) is 14.1. The minimum absolute atomic E-state index is 0.567. The van der Waals surface area contributed by atoms with E-state index in [1.165, 1.54) is 16.5 Å². The van der Waals surface area contributed by atoms with Gasteiger partial charge in [-0.3, -0.25) is 0 Å². The first-order valence-corrected chi connectivity index (χ1v) is 7.03. The first-order valence-electron chi connectivity index (χ1n) is 7.03. The lowest BCUT2D eigenvalue weighted by atomic mass is 10.1. The first-order chi connectivity index (χ1) is 9.11. The fourth-order valence-corrected chi connectivity index (χ4v) is 2.63. The summed E-state index contributed by atoms with van der Waals surface area (Å²) in [6.45, 7) is 5.12. The van der Waals surface area contributed by atoms with Gasteiger partial charge in [0.1, 0.15) is 0 Å². The molecule has 0 radical (unpaired) electrons. The molecule has 104 valence electrons. The van der Waals surface area contributed by atoms with Crippen LogP contribution in [0.15, 0.2) is 30.5 Å². The summed E-state index contributed by atoms with van der Waals surface area (Å²) in [4.78, 5) is 2.37. The van der Waals surface area contributed by atoms with Crippen molar-refractivity contribution in [3.8, 4) is 0 Å². The molecule has 3 heteroatoms. The van der Waals surface area contributed by atoms with Gasteiger partial charge in [0.2, 0.25) is 0 Å². The maximum atomic E-state index is 5.68. The third-order valence-corrected chi connectivity index (χ3v) is 3.77. The van der Waals surface area contributed by atoms with Crippen molar-refractivity contribution < 1.29 is 0 Å². The number of aromatic nitrogens is 1. The van der Waals surface area contributed by atoms with Crippen molar-refractivity contribution in [2.75, 3.05) is 26.7 Å². The molecule has 3 nitrogen and oxygen atoms in total. The number of para-hydroxylation sites is 1. The van der Waals surface area contributed by atoms with E-state index >= 15 is 0 Å². The molecule has 2 N–H and O–H groups in total. The average Bonchev–Trinajstić information content (AvgIpc) is 2.74. The zero-order valence-electron chi connectivity index (χ0n) is 12.3. The van der Waals surface area contributed by atoms with Crippen LogP contribution >= 0.6 is 0 Å². The van der Waals surface area contributed by atoms with Gasteiger partial charge in [-0.2, -0.15) is 0 Å². The molecule has 0 aliphatic rings. The van der Waals surface area contributed by atoms with Gasteiger partial charge >= 0.3 is 0 Å². The van der Waals surface area contributed by atoms with Crippen LogP contribution in [-0.4, -0.2) is 36.1 Å². The standard InChI is InChI=1S/C16H25N3/c1-13(10-17)11-18(2)9-8-14-12-19(3)16-7-5-4-6-15(14)16/h4-7,12-13H,8-11,17H2,1-3H3. The van der Waals surface area contributed by atoms with E-state index in [-0.39, 0.29) is 0 Å². The van der Waals surface area contributed by atoms with Gasteiger partial charge in [-0.25, -0.2) is 0 Å². The van der Waals surface area contributed by atoms with E-state index in [0.717, 1.165) is 26.1 Å². The molecule has 0 aliphatic carbocycles. The Labute approximate surface area is 116 Å². The molecule has 0 amide bonds. The van der Waals surface area contributed by atoms with Crippen LogP contribution in [0.3, 0.4) is 0 Å². The summed E-state index contributed by atoms with van der Waals surface area (Å²) in [5.41, 5.74) is 8.43. The molecule has 19 heavy (non-hydrogen) atoms. The molecule has 0 saturated carbocycles. The van der Waals surface area contributed by atoms with Crippen LogP contribution in [0.5, 0.6) is 0 Å². The maximum absolute atomic E-state index is 5.68. The smallest absolute Gasteiger partial charge is 0.0480 e. The predicted octanol–water partition coefficient (Wildman–Crippen LogP) is 2.25. The molecule has 0 saturated heterocycles. The Morgan fingerprint density at radius 2 is 2.05 bits per heavy atom. The Hall–Kier alpha value is -1.32. The van der Waals surface area contributed by atoms with Crippen molar-refractivity contribution in [2.24, 2.45) is 18.7 Å². The highest BCUT2D eigenvalue weighted by Gasteiger charge is 2.08. The summed E-state index contributed by atoms with van der Waals surface area (Å²) in [7, 11) is 4.29. The summed E-state index contributed by atoms with van der Waals surface area (Å²) in [6.07, 6.45) is 3.35. The number of nitrogens with two attached hydrogens (primary N) is 1. The lowest BCUT2D eigenvalue weighted by Gasteiger charge is -2.20. The highest BCUT2D eigenvalue weighted by Crippen LogP contribution is 2.20. The zero-order chi connectivity index (χ0) is 13.8. The fourth-order valence-electron chi connectivity index (χ4n) is 2.63. The van der Waals surface area contributed by atoms with E-state index in [1.54, 1.807) is 0 Å². The van der Waals surface area contributed by atoms with E-state index in [2.05, 4.69) is 60.9 Å². The van der Waals surface area contributed by atoms with Crippen LogP contribution in [0.4, 0.5) is 0 Å². The zero-order valence-corrected chi connectivity index (χ0v) is 12.3. The Bertz CT molecular complexity index is 530. The normalized spacial score (nSPS) is 13.3.